The number of ether oxygens (including phenoxy) is 1. The molecule has 0 amide bonds. The maximum absolute atomic E-state index is 10.9. The van der Waals surface area contributed by atoms with Crippen molar-refractivity contribution in [3.05, 3.63) is 0 Å². The van der Waals surface area contributed by atoms with Crippen molar-refractivity contribution < 1.29 is 17.6 Å². The Hall–Kier alpha value is -0.563. The molecule has 0 rings (SSSR count). The van der Waals surface area contributed by atoms with Crippen LogP contribution in [0.1, 0.15) is 6.92 Å². The molecular weight excluding hydrogens is 222 g/mol. The van der Waals surface area contributed by atoms with Crippen molar-refractivity contribution in [2.45, 2.75) is 26.6 Å². The van der Waals surface area contributed by atoms with Gasteiger partial charge in [-0.2, -0.15) is 0 Å². The maximum Gasteiger partial charge on any atom is 0.385 e. The summed E-state index contributed by atoms with van der Waals surface area (Å²) in [6.07, 6.45) is 0.855. The normalized spacial score (nSPS) is 13.9. The van der Waals surface area contributed by atoms with Gasteiger partial charge in [0.05, 0.1) is 12.9 Å². The molecule has 0 heterocycles. The predicted molar refractivity (Wildman–Crippen MR) is 58.3 cm³/mol. The van der Waals surface area contributed by atoms with Crippen LogP contribution in [0.3, 0.4) is 0 Å². The van der Waals surface area contributed by atoms with E-state index < -0.39 is 18.3 Å². The summed E-state index contributed by atoms with van der Waals surface area (Å²) in [4.78, 5) is 0. The molecule has 0 aromatic rings. The minimum Gasteiger partial charge on any atom is -0.505 e. The lowest BCUT2D eigenvalue weighted by atomic mass is 10.9. The molecule has 84 valence electrons. The van der Waals surface area contributed by atoms with Crippen LogP contribution in [0, 0.1) is 0 Å². The molecule has 0 saturated carbocycles. The van der Waals surface area contributed by atoms with E-state index in [0.717, 1.165) is 6.26 Å². The average molecular weight is 239 g/mol. The number of nitrogens with zero attached hydrogens (tertiary/aromatic N) is 1. The summed E-state index contributed by atoms with van der Waals surface area (Å²) >= 11 is 0. The van der Waals surface area contributed by atoms with Gasteiger partial charge in [-0.3, -0.25) is 0 Å². The van der Waals surface area contributed by atoms with E-state index in [1.54, 1.807) is 6.92 Å². The van der Waals surface area contributed by atoms with Crippen molar-refractivity contribution in [3.8, 4) is 0 Å². The predicted octanol–water partition coefficient (Wildman–Crippen LogP) is 1.19. The van der Waals surface area contributed by atoms with Crippen molar-refractivity contribution in [2.75, 3.05) is 12.9 Å². The van der Waals surface area contributed by atoms with Crippen molar-refractivity contribution in [1.82, 2.24) is 0 Å². The van der Waals surface area contributed by atoms with Gasteiger partial charge in [0, 0.05) is 0 Å². The summed E-state index contributed by atoms with van der Waals surface area (Å²) < 4.78 is 35.4. The topological polar surface area (TPSA) is 65.0 Å². The zero-order valence-corrected chi connectivity index (χ0v) is 11.0. The lowest BCUT2D eigenvalue weighted by molar-refractivity contribution is 0.250. The first-order valence-corrected chi connectivity index (χ1v) is 9.51. The molecule has 0 N–H and O–H groups in total. The summed E-state index contributed by atoms with van der Waals surface area (Å²) in [6, 6.07) is 0. The van der Waals surface area contributed by atoms with Gasteiger partial charge in [0.25, 0.3) is 10.0 Å². The first-order chi connectivity index (χ1) is 6.14. The van der Waals surface area contributed by atoms with E-state index in [2.05, 4.69) is 4.40 Å². The molecule has 0 aromatic heterocycles. The summed E-state index contributed by atoms with van der Waals surface area (Å²) in [5.74, 6) is 0. The lowest BCUT2D eigenvalue weighted by Crippen LogP contribution is -2.31. The van der Waals surface area contributed by atoms with Gasteiger partial charge in [0.2, 0.25) is 8.32 Å². The fourth-order valence-electron chi connectivity index (χ4n) is 0.595. The van der Waals surface area contributed by atoms with E-state index in [-0.39, 0.29) is 6.08 Å². The number of hydrogen-bond donors (Lipinski definition) is 0. The molecule has 0 spiro atoms. The smallest absolute Gasteiger partial charge is 0.385 e. The second kappa shape index (κ2) is 4.79. The Morgan fingerprint density at radius 3 is 2.14 bits per heavy atom. The van der Waals surface area contributed by atoms with Gasteiger partial charge in [0.15, 0.2) is 0 Å². The molecule has 0 unspecified atom stereocenters. The molecule has 0 radical (unpaired) electrons. The molecule has 7 heteroatoms. The third-order valence-electron chi connectivity index (χ3n) is 0.902. The van der Waals surface area contributed by atoms with Crippen molar-refractivity contribution in [2.24, 2.45) is 4.40 Å². The summed E-state index contributed by atoms with van der Waals surface area (Å²) in [6.45, 7) is 7.83. The van der Waals surface area contributed by atoms with Crippen LogP contribution in [0.25, 0.3) is 0 Å². The van der Waals surface area contributed by atoms with Crippen LogP contribution >= 0.6 is 0 Å². The van der Waals surface area contributed by atoms with Crippen LogP contribution < -0.4 is 0 Å². The van der Waals surface area contributed by atoms with E-state index in [0.29, 0.717) is 6.61 Å². The minimum absolute atomic E-state index is 0.144. The van der Waals surface area contributed by atoms with Gasteiger partial charge in [-0.25, -0.2) is 8.42 Å². The summed E-state index contributed by atoms with van der Waals surface area (Å²) in [7, 11) is -5.34. The molecule has 14 heavy (non-hydrogen) atoms. The molecule has 0 fully saturated rings. The first-order valence-electron chi connectivity index (χ1n) is 4.26. The molecule has 0 bridgehead atoms. The van der Waals surface area contributed by atoms with Gasteiger partial charge >= 0.3 is 6.08 Å². The monoisotopic (exact) mass is 239 g/mol. The van der Waals surface area contributed by atoms with E-state index in [1.807, 2.05) is 19.6 Å². The molecule has 0 saturated heterocycles. The Balaban J connectivity index is 4.70. The van der Waals surface area contributed by atoms with Crippen LogP contribution in [0.2, 0.25) is 19.6 Å². The van der Waals surface area contributed by atoms with Gasteiger partial charge < -0.3 is 9.16 Å². The van der Waals surface area contributed by atoms with Gasteiger partial charge in [-0.05, 0) is 26.6 Å². The van der Waals surface area contributed by atoms with Gasteiger partial charge in [0.1, 0.15) is 0 Å². The number of hydrogen-bond acceptors (Lipinski definition) is 4. The molecule has 0 aliphatic carbocycles. The van der Waals surface area contributed by atoms with E-state index >= 15 is 0 Å². The van der Waals surface area contributed by atoms with Crippen LogP contribution in [0.4, 0.5) is 0 Å². The summed E-state index contributed by atoms with van der Waals surface area (Å²) in [5.41, 5.74) is 0. The van der Waals surface area contributed by atoms with Crippen molar-refractivity contribution >= 4 is 24.4 Å². The Bertz CT molecular complexity index is 304. The highest BCUT2D eigenvalue weighted by molar-refractivity contribution is 7.89. The van der Waals surface area contributed by atoms with Crippen molar-refractivity contribution in [1.29, 1.82) is 0 Å². The zero-order chi connectivity index (χ0) is 11.4. The van der Waals surface area contributed by atoms with Crippen molar-refractivity contribution in [3.63, 3.8) is 0 Å². The highest BCUT2D eigenvalue weighted by Gasteiger charge is 2.20. The zero-order valence-electron chi connectivity index (χ0n) is 9.20. The fraction of sp³-hybridized carbons (Fsp3) is 0.857. The van der Waals surface area contributed by atoms with E-state index in [4.69, 9.17) is 9.16 Å². The largest absolute Gasteiger partial charge is 0.505 e. The Morgan fingerprint density at radius 2 is 1.86 bits per heavy atom. The Kier molecular flexibility index (Phi) is 4.59. The standard InChI is InChI=1S/C7H17NO4SSi/c1-6-11-7(8-13(2,9)10)12-14(3,4)5/h6H2,1-5H3. The quantitative estimate of drug-likeness (QED) is 0.421. The molecular formula is C7H17NO4SSi. The third-order valence-corrected chi connectivity index (χ3v) is 2.17. The maximum atomic E-state index is 10.9. The lowest BCUT2D eigenvalue weighted by Gasteiger charge is -2.19. The molecule has 0 aromatic carbocycles. The molecule has 0 aliphatic heterocycles. The SMILES string of the molecule is CCOC(=NS(C)(=O)=O)O[Si](C)(C)C. The summed E-state index contributed by atoms with van der Waals surface area (Å²) in [5, 5.41) is 0. The van der Waals surface area contributed by atoms with E-state index in [1.165, 1.54) is 0 Å². The second-order valence-corrected chi connectivity index (χ2v) is 9.82. The highest BCUT2D eigenvalue weighted by Crippen LogP contribution is 2.05. The molecule has 0 aliphatic rings. The van der Waals surface area contributed by atoms with E-state index in [9.17, 15) is 8.42 Å². The van der Waals surface area contributed by atoms with Crippen LogP contribution in [0.5, 0.6) is 0 Å². The first kappa shape index (κ1) is 13.4. The van der Waals surface area contributed by atoms with Crippen LogP contribution in [-0.4, -0.2) is 35.7 Å². The number of rotatable bonds is 3. The van der Waals surface area contributed by atoms with Gasteiger partial charge in [-0.15, -0.1) is 0 Å². The molecule has 0 atom stereocenters. The minimum atomic E-state index is -3.46. The second-order valence-electron chi connectivity index (χ2n) is 3.74. The Morgan fingerprint density at radius 1 is 1.36 bits per heavy atom. The van der Waals surface area contributed by atoms with Crippen LogP contribution in [-0.2, 0) is 19.2 Å². The number of sulfonamides is 1. The van der Waals surface area contributed by atoms with Gasteiger partial charge in [-0.1, -0.05) is 4.40 Å². The Labute approximate surface area is 86.3 Å². The fourth-order valence-corrected chi connectivity index (χ4v) is 1.65. The van der Waals surface area contributed by atoms with Crippen LogP contribution in [0.15, 0.2) is 4.40 Å². The third kappa shape index (κ3) is 8.05. The highest BCUT2D eigenvalue weighted by atomic mass is 32.2. The average Bonchev–Trinajstić information content (AvgIpc) is 1.78. The molecule has 5 nitrogen and oxygen atoms in total.